The number of nitrogens with one attached hydrogen (secondary N) is 2. The topological polar surface area (TPSA) is 105 Å². The van der Waals surface area contributed by atoms with Crippen LogP contribution in [0.2, 0.25) is 5.02 Å². The highest BCUT2D eigenvalue weighted by molar-refractivity contribution is 6.31. The fourth-order valence-corrected chi connectivity index (χ4v) is 3.83. The molecule has 1 saturated carbocycles. The predicted molar refractivity (Wildman–Crippen MR) is 121 cm³/mol. The van der Waals surface area contributed by atoms with Crippen molar-refractivity contribution in [2.24, 2.45) is 5.92 Å². The van der Waals surface area contributed by atoms with Gasteiger partial charge < -0.3 is 20.5 Å². The average molecular weight is 477 g/mol. The van der Waals surface area contributed by atoms with Crippen LogP contribution in [0.1, 0.15) is 52.0 Å². The number of hydrogen-bond donors (Lipinski definition) is 3. The first-order valence-electron chi connectivity index (χ1n) is 10.8. The summed E-state index contributed by atoms with van der Waals surface area (Å²) >= 11 is 5.95. The molecule has 1 fully saturated rings. The lowest BCUT2D eigenvalue weighted by Crippen LogP contribution is -2.35. The number of carboxylic acid groups (broad SMARTS) is 1. The van der Waals surface area contributed by atoms with Gasteiger partial charge in [0.25, 0.3) is 11.8 Å². The van der Waals surface area contributed by atoms with E-state index < -0.39 is 17.7 Å². The standard InChI is InChI=1S/C24H26ClFN2O5/c1-14-12-16(4-9-20(14)25)22(29)27-10-11-28-23(30)19-8-7-18(13-21(19)26)33-17-5-2-15(3-6-17)24(31)32/h4,7-9,12-13,15,17H,2-3,5-6,10-11H2,1H3,(H,27,29)(H,28,30)(H,31,32). The third-order valence-corrected chi connectivity index (χ3v) is 6.05. The second-order valence-electron chi connectivity index (χ2n) is 8.05. The van der Waals surface area contributed by atoms with Gasteiger partial charge in [0.1, 0.15) is 11.6 Å². The number of aliphatic carboxylic acids is 1. The first-order valence-corrected chi connectivity index (χ1v) is 11.1. The number of carbonyl (C=O) groups excluding carboxylic acids is 2. The molecule has 0 heterocycles. The molecule has 1 aliphatic rings. The van der Waals surface area contributed by atoms with Crippen LogP contribution in [-0.4, -0.2) is 42.1 Å². The molecular weight excluding hydrogens is 451 g/mol. The summed E-state index contributed by atoms with van der Waals surface area (Å²) in [6.07, 6.45) is 2.05. The molecule has 33 heavy (non-hydrogen) atoms. The summed E-state index contributed by atoms with van der Waals surface area (Å²) in [6.45, 7) is 2.10. The molecule has 1 aliphatic carbocycles. The monoisotopic (exact) mass is 476 g/mol. The van der Waals surface area contributed by atoms with Crippen LogP contribution < -0.4 is 15.4 Å². The van der Waals surface area contributed by atoms with Crippen LogP contribution in [0.5, 0.6) is 5.75 Å². The van der Waals surface area contributed by atoms with E-state index in [1.807, 2.05) is 0 Å². The maximum Gasteiger partial charge on any atom is 0.306 e. The summed E-state index contributed by atoms with van der Waals surface area (Å²) in [6, 6.07) is 8.95. The van der Waals surface area contributed by atoms with Gasteiger partial charge in [-0.15, -0.1) is 0 Å². The zero-order valence-electron chi connectivity index (χ0n) is 18.2. The van der Waals surface area contributed by atoms with Gasteiger partial charge in [0, 0.05) is 29.7 Å². The minimum atomic E-state index is -0.797. The van der Waals surface area contributed by atoms with Crippen LogP contribution in [0.4, 0.5) is 4.39 Å². The maximum absolute atomic E-state index is 14.5. The van der Waals surface area contributed by atoms with E-state index in [0.717, 1.165) is 11.6 Å². The van der Waals surface area contributed by atoms with Crippen molar-refractivity contribution in [3.63, 3.8) is 0 Å². The van der Waals surface area contributed by atoms with E-state index in [1.165, 1.54) is 12.1 Å². The molecule has 7 nitrogen and oxygen atoms in total. The number of aryl methyl sites for hydroxylation is 1. The Morgan fingerprint density at radius 1 is 1.03 bits per heavy atom. The number of hydrogen-bond acceptors (Lipinski definition) is 4. The molecule has 0 aromatic heterocycles. The highest BCUT2D eigenvalue weighted by Gasteiger charge is 2.27. The van der Waals surface area contributed by atoms with Crippen molar-refractivity contribution in [2.45, 2.75) is 38.7 Å². The van der Waals surface area contributed by atoms with Gasteiger partial charge in [0.05, 0.1) is 17.6 Å². The van der Waals surface area contributed by atoms with Crippen molar-refractivity contribution in [3.8, 4) is 5.75 Å². The van der Waals surface area contributed by atoms with Crippen LogP contribution in [0.3, 0.4) is 0 Å². The van der Waals surface area contributed by atoms with Crippen molar-refractivity contribution < 1.29 is 28.6 Å². The Kier molecular flexibility index (Phi) is 8.27. The van der Waals surface area contributed by atoms with E-state index in [1.54, 1.807) is 25.1 Å². The number of rotatable bonds is 8. The van der Waals surface area contributed by atoms with Gasteiger partial charge in [-0.05, 0) is 68.5 Å². The smallest absolute Gasteiger partial charge is 0.306 e. The minimum absolute atomic E-state index is 0.127. The Balaban J connectivity index is 1.45. The Labute approximate surface area is 196 Å². The molecule has 0 bridgehead atoms. The number of halogens is 2. The Hall–Kier alpha value is -3.13. The van der Waals surface area contributed by atoms with Crippen LogP contribution in [-0.2, 0) is 4.79 Å². The molecule has 2 aromatic rings. The zero-order valence-corrected chi connectivity index (χ0v) is 19.0. The van der Waals surface area contributed by atoms with Gasteiger partial charge >= 0.3 is 5.97 Å². The van der Waals surface area contributed by atoms with Gasteiger partial charge in [-0.3, -0.25) is 14.4 Å². The van der Waals surface area contributed by atoms with Gasteiger partial charge in [0.2, 0.25) is 0 Å². The molecule has 0 saturated heterocycles. The molecule has 2 amide bonds. The van der Waals surface area contributed by atoms with Crippen LogP contribution in [0, 0.1) is 18.7 Å². The summed E-state index contributed by atoms with van der Waals surface area (Å²) in [7, 11) is 0. The third kappa shape index (κ3) is 6.68. The molecule has 3 rings (SSSR count). The third-order valence-electron chi connectivity index (χ3n) is 5.63. The Morgan fingerprint density at radius 2 is 1.70 bits per heavy atom. The van der Waals surface area contributed by atoms with Crippen LogP contribution in [0.15, 0.2) is 36.4 Å². The Morgan fingerprint density at radius 3 is 2.30 bits per heavy atom. The van der Waals surface area contributed by atoms with Gasteiger partial charge in [-0.1, -0.05) is 11.6 Å². The van der Waals surface area contributed by atoms with Crippen molar-refractivity contribution in [1.82, 2.24) is 10.6 Å². The number of carboxylic acids is 1. The highest BCUT2D eigenvalue weighted by atomic mass is 35.5. The quantitative estimate of drug-likeness (QED) is 0.500. The molecular formula is C24H26ClFN2O5. The van der Waals surface area contributed by atoms with E-state index in [-0.39, 0.29) is 36.6 Å². The van der Waals surface area contributed by atoms with E-state index in [0.29, 0.717) is 42.0 Å². The van der Waals surface area contributed by atoms with Crippen molar-refractivity contribution in [3.05, 3.63) is 63.9 Å². The molecule has 0 aliphatic heterocycles. The molecule has 2 aromatic carbocycles. The van der Waals surface area contributed by atoms with Crippen molar-refractivity contribution in [2.75, 3.05) is 13.1 Å². The molecule has 0 unspecified atom stereocenters. The SMILES string of the molecule is Cc1cc(C(=O)NCCNC(=O)c2ccc(OC3CCC(C(=O)O)CC3)cc2F)ccc1Cl. The van der Waals surface area contributed by atoms with E-state index in [4.69, 9.17) is 21.4 Å². The molecule has 9 heteroatoms. The molecule has 0 spiro atoms. The average Bonchev–Trinajstić information content (AvgIpc) is 2.78. The number of carbonyl (C=O) groups is 3. The minimum Gasteiger partial charge on any atom is -0.490 e. The fraction of sp³-hybridized carbons (Fsp3) is 0.375. The predicted octanol–water partition coefficient (Wildman–Crippen LogP) is 3.97. The lowest BCUT2D eigenvalue weighted by Gasteiger charge is -2.26. The molecule has 0 radical (unpaired) electrons. The van der Waals surface area contributed by atoms with Gasteiger partial charge in [0.15, 0.2) is 0 Å². The first kappa shape index (κ1) is 24.5. The molecule has 176 valence electrons. The molecule has 0 atom stereocenters. The van der Waals surface area contributed by atoms with Crippen LogP contribution in [0.25, 0.3) is 0 Å². The van der Waals surface area contributed by atoms with Gasteiger partial charge in [-0.2, -0.15) is 0 Å². The second kappa shape index (κ2) is 11.1. The largest absolute Gasteiger partial charge is 0.490 e. The summed E-state index contributed by atoms with van der Waals surface area (Å²) in [5.74, 6) is -2.47. The lowest BCUT2D eigenvalue weighted by molar-refractivity contribution is -0.143. The van der Waals surface area contributed by atoms with E-state index in [9.17, 15) is 18.8 Å². The summed E-state index contributed by atoms with van der Waals surface area (Å²) in [5, 5.41) is 14.9. The van der Waals surface area contributed by atoms with E-state index in [2.05, 4.69) is 10.6 Å². The highest BCUT2D eigenvalue weighted by Crippen LogP contribution is 2.28. The second-order valence-corrected chi connectivity index (χ2v) is 8.45. The number of amides is 2. The van der Waals surface area contributed by atoms with Crippen molar-refractivity contribution >= 4 is 29.4 Å². The normalized spacial score (nSPS) is 17.8. The summed E-state index contributed by atoms with van der Waals surface area (Å²) < 4.78 is 20.2. The van der Waals surface area contributed by atoms with Crippen LogP contribution >= 0.6 is 11.6 Å². The lowest BCUT2D eigenvalue weighted by atomic mass is 9.87. The zero-order chi connectivity index (χ0) is 24.0. The van der Waals surface area contributed by atoms with Gasteiger partial charge in [-0.25, -0.2) is 4.39 Å². The summed E-state index contributed by atoms with van der Waals surface area (Å²) in [5.41, 5.74) is 1.12. The van der Waals surface area contributed by atoms with Crippen molar-refractivity contribution in [1.29, 1.82) is 0 Å². The number of ether oxygens (including phenoxy) is 1. The first-order chi connectivity index (χ1) is 15.7. The number of benzene rings is 2. The Bertz CT molecular complexity index is 1040. The van der Waals surface area contributed by atoms with E-state index >= 15 is 0 Å². The fourth-order valence-electron chi connectivity index (χ4n) is 3.71. The maximum atomic E-state index is 14.5. The molecule has 3 N–H and O–H groups in total. The summed E-state index contributed by atoms with van der Waals surface area (Å²) in [4.78, 5) is 35.5.